The largest absolute Gasteiger partial charge is 0.491 e. The zero-order valence-corrected chi connectivity index (χ0v) is 15.0. The third-order valence-electron chi connectivity index (χ3n) is 4.29. The van der Waals surface area contributed by atoms with Crippen LogP contribution >= 0.6 is 0 Å². The quantitative estimate of drug-likeness (QED) is 0.708. The Morgan fingerprint density at radius 3 is 2.77 bits per heavy atom. The molecule has 2 aromatic rings. The van der Waals surface area contributed by atoms with E-state index in [1.165, 1.54) is 0 Å². The topological polar surface area (TPSA) is 66.9 Å². The maximum Gasteiger partial charge on any atom is 0.119 e. The second-order valence-corrected chi connectivity index (χ2v) is 6.49. The summed E-state index contributed by atoms with van der Waals surface area (Å²) in [5.41, 5.74) is 2.31. The molecule has 6 heteroatoms. The molecule has 1 saturated heterocycles. The van der Waals surface area contributed by atoms with Crippen LogP contribution in [0.3, 0.4) is 0 Å². The average molecular weight is 357 g/mol. The lowest BCUT2D eigenvalue weighted by Gasteiger charge is -2.28. The molecular weight excluding hydrogens is 330 g/mol. The molecule has 0 radical (unpaired) electrons. The minimum atomic E-state index is -0.500. The van der Waals surface area contributed by atoms with Crippen molar-refractivity contribution in [2.24, 2.45) is 0 Å². The van der Waals surface area contributed by atoms with E-state index in [0.29, 0.717) is 13.2 Å². The molecule has 26 heavy (non-hydrogen) atoms. The van der Waals surface area contributed by atoms with Crippen LogP contribution in [0.1, 0.15) is 11.1 Å². The first kappa shape index (κ1) is 18.8. The lowest BCUT2D eigenvalue weighted by Crippen LogP contribution is -2.42. The first-order valence-electron chi connectivity index (χ1n) is 9.09. The number of aromatic nitrogens is 1. The summed E-state index contributed by atoms with van der Waals surface area (Å²) in [6.07, 6.45) is 3.14. The van der Waals surface area contributed by atoms with Gasteiger partial charge in [0.15, 0.2) is 0 Å². The van der Waals surface area contributed by atoms with Crippen molar-refractivity contribution in [1.82, 2.24) is 15.2 Å². The highest BCUT2D eigenvalue weighted by atomic mass is 16.5. The Morgan fingerprint density at radius 1 is 1.15 bits per heavy atom. The van der Waals surface area contributed by atoms with Crippen molar-refractivity contribution < 1.29 is 14.6 Å². The highest BCUT2D eigenvalue weighted by Crippen LogP contribution is 2.14. The smallest absolute Gasteiger partial charge is 0.119 e. The van der Waals surface area contributed by atoms with E-state index in [4.69, 9.17) is 9.47 Å². The monoisotopic (exact) mass is 357 g/mol. The summed E-state index contributed by atoms with van der Waals surface area (Å²) in [5.74, 6) is 0.784. The number of benzene rings is 1. The maximum absolute atomic E-state index is 10.2. The van der Waals surface area contributed by atoms with Crippen molar-refractivity contribution in [3.8, 4) is 5.75 Å². The van der Waals surface area contributed by atoms with E-state index in [0.717, 1.165) is 56.3 Å². The molecule has 0 aliphatic carbocycles. The van der Waals surface area contributed by atoms with E-state index < -0.39 is 6.10 Å². The number of hydrogen-bond acceptors (Lipinski definition) is 6. The predicted molar refractivity (Wildman–Crippen MR) is 100.0 cm³/mol. The molecule has 1 atom stereocenters. The standard InChI is InChI=1S/C20H27N3O3/c24-19(15-23-7-9-25-10-8-23)16-26-20-5-1-3-17(11-20)12-22-14-18-4-2-6-21-13-18/h1-6,11,13,19,22,24H,7-10,12,14-16H2/t19-/m1/s1. The fourth-order valence-electron chi connectivity index (χ4n) is 2.93. The molecule has 1 fully saturated rings. The van der Waals surface area contributed by atoms with Gasteiger partial charge in [0.05, 0.1) is 13.2 Å². The van der Waals surface area contributed by atoms with Crippen molar-refractivity contribution >= 4 is 0 Å². The first-order chi connectivity index (χ1) is 12.8. The van der Waals surface area contributed by atoms with Gasteiger partial charge in [-0.3, -0.25) is 9.88 Å². The van der Waals surface area contributed by atoms with Gasteiger partial charge in [-0.05, 0) is 29.3 Å². The van der Waals surface area contributed by atoms with E-state index in [1.54, 1.807) is 6.20 Å². The lowest BCUT2D eigenvalue weighted by atomic mass is 10.2. The zero-order valence-electron chi connectivity index (χ0n) is 15.0. The van der Waals surface area contributed by atoms with Gasteiger partial charge >= 0.3 is 0 Å². The predicted octanol–water partition coefficient (Wildman–Crippen LogP) is 1.44. The van der Waals surface area contributed by atoms with Crippen molar-refractivity contribution in [2.75, 3.05) is 39.5 Å². The van der Waals surface area contributed by atoms with E-state index in [2.05, 4.69) is 27.3 Å². The molecule has 2 N–H and O–H groups in total. The fourth-order valence-corrected chi connectivity index (χ4v) is 2.93. The molecule has 1 aromatic carbocycles. The van der Waals surface area contributed by atoms with Gasteiger partial charge in [-0.1, -0.05) is 18.2 Å². The highest BCUT2D eigenvalue weighted by Gasteiger charge is 2.15. The maximum atomic E-state index is 10.2. The van der Waals surface area contributed by atoms with Crippen molar-refractivity contribution in [2.45, 2.75) is 19.2 Å². The Kier molecular flexibility index (Phi) is 7.39. The van der Waals surface area contributed by atoms with E-state index in [-0.39, 0.29) is 0 Å². The summed E-state index contributed by atoms with van der Waals surface area (Å²) in [5, 5.41) is 13.6. The third kappa shape index (κ3) is 6.38. The minimum absolute atomic E-state index is 0.296. The summed E-state index contributed by atoms with van der Waals surface area (Å²) in [7, 11) is 0. The van der Waals surface area contributed by atoms with Crippen LogP contribution in [0.25, 0.3) is 0 Å². The SMILES string of the molecule is O[C@@H](COc1cccc(CNCc2cccnc2)c1)CN1CCOCC1. The van der Waals surface area contributed by atoms with E-state index in [9.17, 15) is 5.11 Å². The number of hydrogen-bond donors (Lipinski definition) is 2. The first-order valence-corrected chi connectivity index (χ1v) is 9.09. The van der Waals surface area contributed by atoms with Gasteiger partial charge in [-0.15, -0.1) is 0 Å². The molecule has 1 aliphatic rings. The minimum Gasteiger partial charge on any atom is -0.491 e. The van der Waals surface area contributed by atoms with Gasteiger partial charge in [-0.2, -0.15) is 0 Å². The normalized spacial score (nSPS) is 16.3. The van der Waals surface area contributed by atoms with Crippen molar-refractivity contribution in [1.29, 1.82) is 0 Å². The lowest BCUT2D eigenvalue weighted by molar-refractivity contribution is 0.00465. The number of nitrogens with one attached hydrogen (secondary N) is 1. The number of nitrogens with zero attached hydrogens (tertiary/aromatic N) is 2. The summed E-state index contributed by atoms with van der Waals surface area (Å²) < 4.78 is 11.1. The van der Waals surface area contributed by atoms with Gasteiger partial charge in [0.2, 0.25) is 0 Å². The number of rotatable bonds is 9. The Morgan fingerprint density at radius 2 is 1.96 bits per heavy atom. The summed E-state index contributed by atoms with van der Waals surface area (Å²) in [4.78, 5) is 6.32. The summed E-state index contributed by atoms with van der Waals surface area (Å²) in [6.45, 7) is 5.66. The Hall–Kier alpha value is -1.99. The van der Waals surface area contributed by atoms with Crippen molar-refractivity contribution in [3.05, 3.63) is 59.9 Å². The van der Waals surface area contributed by atoms with Crippen LogP contribution in [-0.4, -0.2) is 60.5 Å². The van der Waals surface area contributed by atoms with E-state index >= 15 is 0 Å². The molecule has 2 heterocycles. The number of β-amino-alcohol motifs (C(OH)–C–C–N with tert-alkyl or cyclic N) is 1. The van der Waals surface area contributed by atoms with Crippen molar-refractivity contribution in [3.63, 3.8) is 0 Å². The fraction of sp³-hybridized carbons (Fsp3) is 0.450. The van der Waals surface area contributed by atoms with Gasteiger partial charge in [0.25, 0.3) is 0 Å². The second-order valence-electron chi connectivity index (χ2n) is 6.49. The number of aliphatic hydroxyl groups excluding tert-OH is 1. The number of morpholine rings is 1. The molecular formula is C20H27N3O3. The van der Waals surface area contributed by atoms with Gasteiger partial charge in [0.1, 0.15) is 18.5 Å². The summed E-state index contributed by atoms with van der Waals surface area (Å²) >= 11 is 0. The zero-order chi connectivity index (χ0) is 18.0. The number of aliphatic hydroxyl groups is 1. The van der Waals surface area contributed by atoms with Crippen LogP contribution in [0.2, 0.25) is 0 Å². The molecule has 6 nitrogen and oxygen atoms in total. The molecule has 0 saturated carbocycles. The summed E-state index contributed by atoms with van der Waals surface area (Å²) in [6, 6.07) is 12.0. The van der Waals surface area contributed by atoms with Crippen LogP contribution < -0.4 is 10.1 Å². The van der Waals surface area contributed by atoms with E-state index in [1.807, 2.05) is 30.5 Å². The van der Waals surface area contributed by atoms with Gasteiger partial charge in [0, 0.05) is 45.1 Å². The molecule has 0 unspecified atom stereocenters. The molecule has 0 amide bonds. The average Bonchev–Trinajstić information content (AvgIpc) is 2.68. The van der Waals surface area contributed by atoms with Crippen LogP contribution in [0.15, 0.2) is 48.8 Å². The second kappa shape index (κ2) is 10.2. The molecule has 1 aliphatic heterocycles. The molecule has 0 bridgehead atoms. The van der Waals surface area contributed by atoms with Gasteiger partial charge in [-0.25, -0.2) is 0 Å². The Balaban J connectivity index is 1.40. The molecule has 140 valence electrons. The van der Waals surface area contributed by atoms with Crippen LogP contribution in [-0.2, 0) is 17.8 Å². The third-order valence-corrected chi connectivity index (χ3v) is 4.29. The molecule has 1 aromatic heterocycles. The highest BCUT2D eigenvalue weighted by molar-refractivity contribution is 5.28. The Labute approximate surface area is 154 Å². The number of ether oxygens (including phenoxy) is 2. The van der Waals surface area contributed by atoms with Crippen LogP contribution in [0, 0.1) is 0 Å². The molecule has 0 spiro atoms. The van der Waals surface area contributed by atoms with Crippen LogP contribution in [0.4, 0.5) is 0 Å². The molecule has 3 rings (SSSR count). The Bertz CT molecular complexity index is 648. The van der Waals surface area contributed by atoms with Crippen LogP contribution in [0.5, 0.6) is 5.75 Å². The van der Waals surface area contributed by atoms with Gasteiger partial charge < -0.3 is 19.9 Å². The number of pyridine rings is 1.